The fourth-order valence-electron chi connectivity index (χ4n) is 7.41. The summed E-state index contributed by atoms with van der Waals surface area (Å²) < 4.78 is 4.86. The van der Waals surface area contributed by atoms with Crippen LogP contribution < -0.4 is 0 Å². The lowest BCUT2D eigenvalue weighted by molar-refractivity contribution is 0.661. The third kappa shape index (κ3) is 3.27. The Labute approximate surface area is 253 Å². The number of rotatable bonds is 2. The van der Waals surface area contributed by atoms with Gasteiger partial charge in [0, 0.05) is 41.9 Å². The molecule has 9 rings (SSSR count). The first-order valence-electron chi connectivity index (χ1n) is 14.7. The number of benzene rings is 6. The van der Waals surface area contributed by atoms with Crippen molar-refractivity contribution in [3.8, 4) is 34.0 Å². The van der Waals surface area contributed by atoms with Gasteiger partial charge in [0.1, 0.15) is 6.07 Å². The second kappa shape index (κ2) is 8.67. The predicted molar refractivity (Wildman–Crippen MR) is 181 cm³/mol. The first-order chi connectivity index (χ1) is 21.0. The highest BCUT2D eigenvalue weighted by Gasteiger charge is 2.35. The summed E-state index contributed by atoms with van der Waals surface area (Å²) in [6, 6.07) is 46.1. The Hall–Kier alpha value is -5.17. The number of nitrogens with zero attached hydrogens (tertiary/aromatic N) is 2. The standard InChI is InChI=1S/C40H26N2S/c1-40(2)33-15-6-3-11-27(33)31-21-32-30-19-18-24(20-37(30)43-38(32)22-34(31)40)26-14-9-10-25(23-41)39(26)42-35-16-7-4-12-28(35)29-13-5-8-17-36(29)42/h3-22H,1-2H3. The molecule has 0 amide bonds. The van der Waals surface area contributed by atoms with E-state index >= 15 is 0 Å². The van der Waals surface area contributed by atoms with Gasteiger partial charge in [-0.2, -0.15) is 5.26 Å². The van der Waals surface area contributed by atoms with Gasteiger partial charge >= 0.3 is 0 Å². The summed E-state index contributed by atoms with van der Waals surface area (Å²) >= 11 is 1.86. The van der Waals surface area contributed by atoms with Crippen LogP contribution in [0.25, 0.3) is 69.9 Å². The second-order valence-electron chi connectivity index (χ2n) is 12.1. The van der Waals surface area contributed by atoms with Crippen LogP contribution in [0.15, 0.2) is 121 Å². The van der Waals surface area contributed by atoms with Crippen LogP contribution in [0.1, 0.15) is 30.5 Å². The van der Waals surface area contributed by atoms with Crippen LogP contribution in [0.2, 0.25) is 0 Å². The van der Waals surface area contributed by atoms with Gasteiger partial charge in [-0.05, 0) is 64.2 Å². The average molecular weight is 567 g/mol. The van der Waals surface area contributed by atoms with Crippen LogP contribution in [0.4, 0.5) is 0 Å². The molecule has 0 fully saturated rings. The molecular formula is C40H26N2S. The van der Waals surface area contributed by atoms with Crippen molar-refractivity contribution in [2.75, 3.05) is 0 Å². The Balaban J connectivity index is 1.29. The van der Waals surface area contributed by atoms with Gasteiger partial charge in [-0.1, -0.05) is 98.8 Å². The van der Waals surface area contributed by atoms with Crippen LogP contribution >= 0.6 is 11.3 Å². The molecule has 3 heteroatoms. The Morgan fingerprint density at radius 3 is 2.02 bits per heavy atom. The minimum atomic E-state index is -0.0175. The third-order valence-corrected chi connectivity index (χ3v) is 10.6. The molecule has 2 aromatic heterocycles. The van der Waals surface area contributed by atoms with E-state index in [-0.39, 0.29) is 5.41 Å². The van der Waals surface area contributed by atoms with Gasteiger partial charge in [-0.25, -0.2) is 0 Å². The summed E-state index contributed by atoms with van der Waals surface area (Å²) in [5.41, 5.74) is 11.5. The van der Waals surface area contributed by atoms with Crippen molar-refractivity contribution < 1.29 is 0 Å². The summed E-state index contributed by atoms with van der Waals surface area (Å²) in [5.74, 6) is 0. The monoisotopic (exact) mass is 566 g/mol. The quantitative estimate of drug-likeness (QED) is 0.205. The van der Waals surface area contributed by atoms with Crippen LogP contribution in [-0.2, 0) is 5.41 Å². The van der Waals surface area contributed by atoms with E-state index in [0.717, 1.165) is 27.8 Å². The Kier molecular flexibility index (Phi) is 4.93. The second-order valence-corrected chi connectivity index (χ2v) is 13.1. The van der Waals surface area contributed by atoms with E-state index in [2.05, 4.69) is 134 Å². The highest BCUT2D eigenvalue weighted by Crippen LogP contribution is 2.51. The maximum Gasteiger partial charge on any atom is 0.101 e. The number of hydrogen-bond donors (Lipinski definition) is 0. The fourth-order valence-corrected chi connectivity index (χ4v) is 8.58. The molecule has 0 N–H and O–H groups in total. The third-order valence-electron chi connectivity index (χ3n) is 9.45. The van der Waals surface area contributed by atoms with Crippen molar-refractivity contribution in [2.45, 2.75) is 19.3 Å². The molecule has 0 saturated carbocycles. The lowest BCUT2D eigenvalue weighted by atomic mass is 9.82. The Bertz CT molecular complexity index is 2450. The molecule has 8 aromatic rings. The molecule has 2 heterocycles. The molecular weight excluding hydrogens is 541 g/mol. The van der Waals surface area contributed by atoms with Crippen molar-refractivity contribution in [1.29, 1.82) is 5.26 Å². The van der Waals surface area contributed by atoms with Crippen molar-refractivity contribution in [3.63, 3.8) is 0 Å². The average Bonchev–Trinajstić information content (AvgIpc) is 3.65. The smallest absolute Gasteiger partial charge is 0.101 e. The molecule has 0 spiro atoms. The summed E-state index contributed by atoms with van der Waals surface area (Å²) in [7, 11) is 0. The molecule has 0 bridgehead atoms. The number of para-hydroxylation sites is 3. The summed E-state index contributed by atoms with van der Waals surface area (Å²) in [6.07, 6.45) is 0. The summed E-state index contributed by atoms with van der Waals surface area (Å²) in [6.45, 7) is 4.68. The first kappa shape index (κ1) is 24.4. The van der Waals surface area contributed by atoms with Crippen molar-refractivity contribution in [3.05, 3.63) is 138 Å². The van der Waals surface area contributed by atoms with E-state index in [1.807, 2.05) is 23.5 Å². The number of thiophene rings is 1. The lowest BCUT2D eigenvalue weighted by Gasteiger charge is -2.21. The first-order valence-corrected chi connectivity index (χ1v) is 15.5. The molecule has 0 aliphatic heterocycles. The zero-order chi connectivity index (χ0) is 28.9. The van der Waals surface area contributed by atoms with Gasteiger partial charge in [0.2, 0.25) is 0 Å². The van der Waals surface area contributed by atoms with E-state index in [1.165, 1.54) is 53.2 Å². The van der Waals surface area contributed by atoms with Gasteiger partial charge < -0.3 is 4.57 Å². The maximum atomic E-state index is 10.3. The molecule has 0 atom stereocenters. The van der Waals surface area contributed by atoms with E-state index in [1.54, 1.807) is 0 Å². The van der Waals surface area contributed by atoms with E-state index < -0.39 is 0 Å². The van der Waals surface area contributed by atoms with Gasteiger partial charge in [0.05, 0.1) is 22.3 Å². The van der Waals surface area contributed by atoms with Crippen molar-refractivity contribution in [2.24, 2.45) is 0 Å². The maximum absolute atomic E-state index is 10.3. The Morgan fingerprint density at radius 1 is 0.581 bits per heavy atom. The lowest BCUT2D eigenvalue weighted by Crippen LogP contribution is -2.14. The van der Waals surface area contributed by atoms with E-state index in [9.17, 15) is 5.26 Å². The van der Waals surface area contributed by atoms with E-state index in [4.69, 9.17) is 0 Å². The highest BCUT2D eigenvalue weighted by atomic mass is 32.1. The SMILES string of the molecule is CC1(C)c2ccccc2-c2cc3c(cc21)sc1cc(-c2cccc(C#N)c2-n2c4ccccc4c4ccccc42)ccc13. The fraction of sp³-hybridized carbons (Fsp3) is 0.0750. The molecule has 202 valence electrons. The molecule has 1 aliphatic rings. The Morgan fingerprint density at radius 2 is 1.26 bits per heavy atom. The van der Waals surface area contributed by atoms with Crippen LogP contribution in [0, 0.1) is 11.3 Å². The van der Waals surface area contributed by atoms with Crippen LogP contribution in [0.3, 0.4) is 0 Å². The molecule has 1 aliphatic carbocycles. The summed E-state index contributed by atoms with van der Waals surface area (Å²) in [4.78, 5) is 0. The predicted octanol–water partition coefficient (Wildman–Crippen LogP) is 11.0. The minimum absolute atomic E-state index is 0.0175. The number of nitriles is 1. The number of hydrogen-bond acceptors (Lipinski definition) is 2. The number of aromatic nitrogens is 1. The van der Waals surface area contributed by atoms with Gasteiger partial charge in [0.15, 0.2) is 0 Å². The largest absolute Gasteiger partial charge is 0.307 e. The summed E-state index contributed by atoms with van der Waals surface area (Å²) in [5, 5.41) is 15.3. The molecule has 0 radical (unpaired) electrons. The van der Waals surface area contributed by atoms with Crippen molar-refractivity contribution in [1.82, 2.24) is 4.57 Å². The molecule has 6 aromatic carbocycles. The highest BCUT2D eigenvalue weighted by molar-refractivity contribution is 7.25. The van der Waals surface area contributed by atoms with Gasteiger partial charge in [-0.15, -0.1) is 11.3 Å². The normalized spacial score (nSPS) is 13.5. The van der Waals surface area contributed by atoms with Gasteiger partial charge in [-0.3, -0.25) is 0 Å². The zero-order valence-electron chi connectivity index (χ0n) is 23.8. The van der Waals surface area contributed by atoms with Crippen LogP contribution in [-0.4, -0.2) is 4.57 Å². The van der Waals surface area contributed by atoms with Crippen LogP contribution in [0.5, 0.6) is 0 Å². The molecule has 2 nitrogen and oxygen atoms in total. The minimum Gasteiger partial charge on any atom is -0.307 e. The van der Waals surface area contributed by atoms with Crippen molar-refractivity contribution >= 4 is 53.3 Å². The van der Waals surface area contributed by atoms with E-state index in [0.29, 0.717) is 5.56 Å². The topological polar surface area (TPSA) is 28.7 Å². The molecule has 0 saturated heterocycles. The number of fused-ring (bicyclic) bond motifs is 9. The molecule has 0 unspecified atom stereocenters. The van der Waals surface area contributed by atoms with Gasteiger partial charge in [0.25, 0.3) is 0 Å². The zero-order valence-corrected chi connectivity index (χ0v) is 24.7. The molecule has 43 heavy (non-hydrogen) atoms.